The normalized spacial score (nSPS) is 20.5. The fourth-order valence-corrected chi connectivity index (χ4v) is 4.13. The first-order valence-electron chi connectivity index (χ1n) is 10.3. The number of allylic oxidation sites excluding steroid dienone is 2. The highest BCUT2D eigenvalue weighted by Crippen LogP contribution is 2.32. The van der Waals surface area contributed by atoms with Crippen LogP contribution in [0.25, 0.3) is 11.1 Å². The highest BCUT2D eigenvalue weighted by molar-refractivity contribution is 6.30. The third-order valence-corrected chi connectivity index (χ3v) is 5.98. The highest BCUT2D eigenvalue weighted by Gasteiger charge is 2.19. The molecule has 0 aliphatic heterocycles. The van der Waals surface area contributed by atoms with E-state index in [2.05, 4.69) is 55.5 Å². The van der Waals surface area contributed by atoms with E-state index in [0.29, 0.717) is 0 Å². The second-order valence-electron chi connectivity index (χ2n) is 7.74. The van der Waals surface area contributed by atoms with Crippen LogP contribution in [-0.2, 0) is 6.42 Å². The Morgan fingerprint density at radius 3 is 2.12 bits per heavy atom. The van der Waals surface area contributed by atoms with Gasteiger partial charge in [-0.05, 0) is 85.6 Å². The molecule has 2 aromatic rings. The summed E-state index contributed by atoms with van der Waals surface area (Å²) in [6, 6.07) is 17.2. The Labute approximate surface area is 164 Å². The Balaban J connectivity index is 1.45. The van der Waals surface area contributed by atoms with Gasteiger partial charge in [0, 0.05) is 5.02 Å². The maximum atomic E-state index is 5.98. The van der Waals surface area contributed by atoms with E-state index in [0.717, 1.165) is 16.9 Å². The van der Waals surface area contributed by atoms with E-state index in [9.17, 15) is 0 Å². The molecule has 0 nitrogen and oxygen atoms in total. The Hall–Kier alpha value is -1.53. The lowest BCUT2D eigenvalue weighted by Gasteiger charge is -2.26. The fourth-order valence-electron chi connectivity index (χ4n) is 4.00. The van der Waals surface area contributed by atoms with Gasteiger partial charge in [-0.25, -0.2) is 0 Å². The molecule has 0 saturated heterocycles. The van der Waals surface area contributed by atoms with Crippen molar-refractivity contribution >= 4 is 11.6 Å². The average Bonchev–Trinajstić information content (AvgIpc) is 2.69. The van der Waals surface area contributed by atoms with Crippen molar-refractivity contribution in [1.82, 2.24) is 0 Å². The van der Waals surface area contributed by atoms with Crippen LogP contribution >= 0.6 is 11.6 Å². The Morgan fingerprint density at radius 2 is 1.50 bits per heavy atom. The molecule has 0 amide bonds. The Bertz CT molecular complexity index is 673. The van der Waals surface area contributed by atoms with Gasteiger partial charge in [0.25, 0.3) is 0 Å². The molecule has 1 heteroatoms. The van der Waals surface area contributed by atoms with Crippen LogP contribution in [0, 0.1) is 11.8 Å². The maximum absolute atomic E-state index is 5.98. The molecule has 1 fully saturated rings. The molecule has 2 aromatic carbocycles. The van der Waals surface area contributed by atoms with Gasteiger partial charge in [-0.1, -0.05) is 73.5 Å². The molecule has 26 heavy (non-hydrogen) atoms. The summed E-state index contributed by atoms with van der Waals surface area (Å²) in [6.45, 7) is 2.25. The van der Waals surface area contributed by atoms with Crippen molar-refractivity contribution < 1.29 is 0 Å². The molecule has 138 valence electrons. The molecular weight excluding hydrogens is 336 g/mol. The van der Waals surface area contributed by atoms with E-state index >= 15 is 0 Å². The second kappa shape index (κ2) is 9.97. The van der Waals surface area contributed by atoms with E-state index < -0.39 is 0 Å². The maximum Gasteiger partial charge on any atom is 0.0406 e. The zero-order valence-corrected chi connectivity index (χ0v) is 16.7. The number of unbranched alkanes of at least 4 members (excludes halogenated alkanes) is 1. The Morgan fingerprint density at radius 1 is 0.885 bits per heavy atom. The van der Waals surface area contributed by atoms with Crippen LogP contribution < -0.4 is 0 Å². The third kappa shape index (κ3) is 5.74. The predicted octanol–water partition coefficient (Wildman–Crippen LogP) is 8.10. The third-order valence-electron chi connectivity index (χ3n) is 5.73. The minimum Gasteiger partial charge on any atom is -0.0883 e. The first-order chi connectivity index (χ1) is 12.7. The first-order valence-corrected chi connectivity index (χ1v) is 10.6. The second-order valence-corrected chi connectivity index (χ2v) is 8.18. The SMILES string of the molecule is CCC/C=C/C1CCC(CCc2ccc(-c3ccc(Cl)cc3)cc2)CC1. The highest BCUT2D eigenvalue weighted by atomic mass is 35.5. The van der Waals surface area contributed by atoms with Crippen LogP contribution in [0.5, 0.6) is 0 Å². The molecule has 0 unspecified atom stereocenters. The summed E-state index contributed by atoms with van der Waals surface area (Å²) in [6.07, 6.45) is 15.5. The summed E-state index contributed by atoms with van der Waals surface area (Å²) in [5, 5.41) is 0.793. The molecule has 0 spiro atoms. The van der Waals surface area contributed by atoms with Gasteiger partial charge < -0.3 is 0 Å². The number of benzene rings is 2. The molecule has 0 atom stereocenters. The van der Waals surface area contributed by atoms with Crippen molar-refractivity contribution in [3.63, 3.8) is 0 Å². The number of hydrogen-bond acceptors (Lipinski definition) is 0. The van der Waals surface area contributed by atoms with Crippen molar-refractivity contribution in [1.29, 1.82) is 0 Å². The lowest BCUT2D eigenvalue weighted by Crippen LogP contribution is -2.13. The standard InChI is InChI=1S/C25H31Cl/c1-2-3-4-5-20-6-8-21(9-7-20)10-11-22-12-14-23(15-13-22)24-16-18-25(26)19-17-24/h4-5,12-21H,2-3,6-11H2,1H3/b5-4+. The zero-order chi connectivity index (χ0) is 18.2. The minimum absolute atomic E-state index is 0.793. The zero-order valence-electron chi connectivity index (χ0n) is 16.0. The molecule has 0 bridgehead atoms. The predicted molar refractivity (Wildman–Crippen MR) is 115 cm³/mol. The van der Waals surface area contributed by atoms with E-state index in [4.69, 9.17) is 11.6 Å². The van der Waals surface area contributed by atoms with Crippen molar-refractivity contribution in [2.24, 2.45) is 11.8 Å². The van der Waals surface area contributed by atoms with Gasteiger partial charge in [-0.15, -0.1) is 0 Å². The molecule has 1 aliphatic rings. The summed E-state index contributed by atoms with van der Waals surface area (Å²) in [4.78, 5) is 0. The van der Waals surface area contributed by atoms with Crippen molar-refractivity contribution in [2.45, 2.75) is 58.3 Å². The summed E-state index contributed by atoms with van der Waals surface area (Å²) in [5.41, 5.74) is 3.97. The van der Waals surface area contributed by atoms with Crippen molar-refractivity contribution in [3.8, 4) is 11.1 Å². The topological polar surface area (TPSA) is 0 Å². The van der Waals surface area contributed by atoms with E-state index in [1.807, 2.05) is 12.1 Å². The van der Waals surface area contributed by atoms with E-state index in [1.54, 1.807) is 0 Å². The number of hydrogen-bond donors (Lipinski definition) is 0. The molecular formula is C25H31Cl. The van der Waals surface area contributed by atoms with Gasteiger partial charge in [0.05, 0.1) is 0 Å². The van der Waals surface area contributed by atoms with Gasteiger partial charge in [-0.2, -0.15) is 0 Å². The van der Waals surface area contributed by atoms with Gasteiger partial charge in [-0.3, -0.25) is 0 Å². The average molecular weight is 367 g/mol. The van der Waals surface area contributed by atoms with Crippen LogP contribution in [0.1, 0.15) is 57.4 Å². The largest absolute Gasteiger partial charge is 0.0883 e. The van der Waals surface area contributed by atoms with Gasteiger partial charge in [0.15, 0.2) is 0 Å². The minimum atomic E-state index is 0.793. The number of halogens is 1. The van der Waals surface area contributed by atoms with Crippen molar-refractivity contribution in [3.05, 3.63) is 71.3 Å². The van der Waals surface area contributed by atoms with Gasteiger partial charge in [0.1, 0.15) is 0 Å². The number of aryl methyl sites for hydroxylation is 1. The molecule has 0 heterocycles. The summed E-state index contributed by atoms with van der Waals surface area (Å²) >= 11 is 5.98. The van der Waals surface area contributed by atoms with Gasteiger partial charge >= 0.3 is 0 Å². The lowest BCUT2D eigenvalue weighted by molar-refractivity contribution is 0.296. The van der Waals surface area contributed by atoms with Crippen LogP contribution in [0.3, 0.4) is 0 Å². The van der Waals surface area contributed by atoms with Crippen LogP contribution in [0.2, 0.25) is 5.02 Å². The van der Waals surface area contributed by atoms with Crippen LogP contribution in [0.4, 0.5) is 0 Å². The van der Waals surface area contributed by atoms with E-state index in [1.165, 1.54) is 68.1 Å². The molecule has 0 radical (unpaired) electrons. The fraction of sp³-hybridized carbons (Fsp3) is 0.440. The van der Waals surface area contributed by atoms with Crippen LogP contribution in [-0.4, -0.2) is 0 Å². The quantitative estimate of drug-likeness (QED) is 0.434. The molecule has 3 rings (SSSR count). The summed E-state index contributed by atoms with van der Waals surface area (Å²) in [5.74, 6) is 1.76. The van der Waals surface area contributed by atoms with Crippen molar-refractivity contribution in [2.75, 3.05) is 0 Å². The molecule has 0 N–H and O–H groups in total. The Kier molecular flexibility index (Phi) is 7.38. The van der Waals surface area contributed by atoms with Gasteiger partial charge in [0.2, 0.25) is 0 Å². The lowest BCUT2D eigenvalue weighted by atomic mass is 9.79. The van der Waals surface area contributed by atoms with Crippen LogP contribution in [0.15, 0.2) is 60.7 Å². The van der Waals surface area contributed by atoms with E-state index in [-0.39, 0.29) is 0 Å². The summed E-state index contributed by atoms with van der Waals surface area (Å²) in [7, 11) is 0. The molecule has 1 saturated carbocycles. The smallest absolute Gasteiger partial charge is 0.0406 e. The molecule has 0 aromatic heterocycles. The first kappa shape index (κ1) is 19.2. The monoisotopic (exact) mass is 366 g/mol. The molecule has 1 aliphatic carbocycles. The summed E-state index contributed by atoms with van der Waals surface area (Å²) < 4.78 is 0. The number of rotatable bonds is 7.